The van der Waals surface area contributed by atoms with Crippen LogP contribution in [0.1, 0.15) is 28.8 Å². The van der Waals surface area contributed by atoms with E-state index in [1.807, 2.05) is 6.92 Å². The van der Waals surface area contributed by atoms with Crippen LogP contribution in [0.25, 0.3) is 11.3 Å². The SMILES string of the molecule is Cc1ccc(-c2nc(NC(=O)CN3CCCC3=O)sc2C)c(C)c1. The molecule has 0 bridgehead atoms. The molecule has 0 saturated carbocycles. The fraction of sp³-hybridized carbons (Fsp3) is 0.389. The molecule has 1 aliphatic rings. The average Bonchev–Trinajstić information content (AvgIpc) is 3.05. The lowest BCUT2D eigenvalue weighted by Crippen LogP contribution is -2.33. The summed E-state index contributed by atoms with van der Waals surface area (Å²) in [5.74, 6) is -0.136. The Morgan fingerprint density at radius 2 is 2.12 bits per heavy atom. The summed E-state index contributed by atoms with van der Waals surface area (Å²) in [5, 5.41) is 3.41. The molecule has 3 rings (SSSR count). The number of benzene rings is 1. The molecule has 24 heavy (non-hydrogen) atoms. The zero-order valence-corrected chi connectivity index (χ0v) is 15.0. The van der Waals surface area contributed by atoms with Gasteiger partial charge >= 0.3 is 0 Å². The van der Waals surface area contributed by atoms with Gasteiger partial charge in [0, 0.05) is 23.4 Å². The number of hydrogen-bond donors (Lipinski definition) is 1. The molecule has 2 amide bonds. The van der Waals surface area contributed by atoms with E-state index in [0.29, 0.717) is 18.1 Å². The van der Waals surface area contributed by atoms with E-state index < -0.39 is 0 Å². The van der Waals surface area contributed by atoms with Crippen molar-refractivity contribution in [3.63, 3.8) is 0 Å². The fourth-order valence-corrected chi connectivity index (χ4v) is 3.83. The minimum absolute atomic E-state index is 0.0523. The summed E-state index contributed by atoms with van der Waals surface area (Å²) >= 11 is 1.46. The van der Waals surface area contributed by atoms with Gasteiger partial charge < -0.3 is 10.2 Å². The number of aromatic nitrogens is 1. The van der Waals surface area contributed by atoms with Crippen LogP contribution >= 0.6 is 11.3 Å². The van der Waals surface area contributed by atoms with E-state index in [1.165, 1.54) is 22.5 Å². The minimum Gasteiger partial charge on any atom is -0.333 e. The van der Waals surface area contributed by atoms with Gasteiger partial charge in [0.2, 0.25) is 11.8 Å². The van der Waals surface area contributed by atoms with Gasteiger partial charge in [0.15, 0.2) is 5.13 Å². The van der Waals surface area contributed by atoms with Crippen LogP contribution in [0, 0.1) is 20.8 Å². The first-order valence-electron chi connectivity index (χ1n) is 8.06. The predicted molar refractivity (Wildman–Crippen MR) is 96.2 cm³/mol. The molecule has 1 N–H and O–H groups in total. The van der Waals surface area contributed by atoms with Gasteiger partial charge in [-0.25, -0.2) is 4.98 Å². The van der Waals surface area contributed by atoms with Gasteiger partial charge in [-0.1, -0.05) is 23.8 Å². The van der Waals surface area contributed by atoms with Crippen LogP contribution in [0.4, 0.5) is 5.13 Å². The minimum atomic E-state index is -0.189. The Labute approximate surface area is 145 Å². The van der Waals surface area contributed by atoms with E-state index in [0.717, 1.165) is 22.6 Å². The molecule has 2 aromatic rings. The highest BCUT2D eigenvalue weighted by molar-refractivity contribution is 7.16. The van der Waals surface area contributed by atoms with Crippen LogP contribution in [0.2, 0.25) is 0 Å². The van der Waals surface area contributed by atoms with E-state index in [9.17, 15) is 9.59 Å². The second-order valence-electron chi connectivity index (χ2n) is 6.21. The molecular weight excluding hydrogens is 322 g/mol. The highest BCUT2D eigenvalue weighted by Gasteiger charge is 2.23. The Morgan fingerprint density at radius 1 is 1.33 bits per heavy atom. The van der Waals surface area contributed by atoms with E-state index in [1.54, 1.807) is 4.90 Å². The van der Waals surface area contributed by atoms with E-state index in [4.69, 9.17) is 0 Å². The summed E-state index contributed by atoms with van der Waals surface area (Å²) in [6, 6.07) is 6.27. The molecule has 1 saturated heterocycles. The number of amides is 2. The smallest absolute Gasteiger partial charge is 0.245 e. The molecule has 1 aliphatic heterocycles. The molecule has 2 heterocycles. The van der Waals surface area contributed by atoms with Gasteiger partial charge in [0.05, 0.1) is 12.2 Å². The van der Waals surface area contributed by atoms with Gasteiger partial charge in [-0.3, -0.25) is 9.59 Å². The van der Waals surface area contributed by atoms with Gasteiger partial charge in [0.25, 0.3) is 0 Å². The number of nitrogens with zero attached hydrogens (tertiary/aromatic N) is 2. The van der Waals surface area contributed by atoms with Gasteiger partial charge in [-0.15, -0.1) is 11.3 Å². The summed E-state index contributed by atoms with van der Waals surface area (Å²) in [7, 11) is 0. The molecule has 0 aliphatic carbocycles. The van der Waals surface area contributed by atoms with E-state index in [2.05, 4.69) is 42.3 Å². The number of nitrogens with one attached hydrogen (secondary N) is 1. The Balaban J connectivity index is 1.74. The third-order valence-electron chi connectivity index (χ3n) is 4.19. The largest absolute Gasteiger partial charge is 0.333 e. The van der Waals surface area contributed by atoms with Crippen LogP contribution in [0.5, 0.6) is 0 Å². The molecule has 1 aromatic heterocycles. The molecule has 1 fully saturated rings. The van der Waals surface area contributed by atoms with Crippen molar-refractivity contribution in [1.29, 1.82) is 0 Å². The number of rotatable bonds is 4. The van der Waals surface area contributed by atoms with Crippen LogP contribution in [-0.2, 0) is 9.59 Å². The summed E-state index contributed by atoms with van der Waals surface area (Å²) in [6.07, 6.45) is 1.37. The summed E-state index contributed by atoms with van der Waals surface area (Å²) in [5.41, 5.74) is 4.38. The molecule has 6 heteroatoms. The number of carbonyl (C=O) groups is 2. The zero-order valence-electron chi connectivity index (χ0n) is 14.2. The third-order valence-corrected chi connectivity index (χ3v) is 5.07. The van der Waals surface area contributed by atoms with Crippen molar-refractivity contribution in [1.82, 2.24) is 9.88 Å². The second-order valence-corrected chi connectivity index (χ2v) is 7.41. The predicted octanol–water partition coefficient (Wildman–Crippen LogP) is 3.30. The van der Waals surface area contributed by atoms with Gasteiger partial charge in [-0.05, 0) is 32.8 Å². The molecule has 0 radical (unpaired) electrons. The van der Waals surface area contributed by atoms with Crippen molar-refractivity contribution in [3.8, 4) is 11.3 Å². The number of anilines is 1. The van der Waals surface area contributed by atoms with Crippen molar-refractivity contribution in [2.75, 3.05) is 18.4 Å². The topological polar surface area (TPSA) is 62.3 Å². The number of thiazole rings is 1. The lowest BCUT2D eigenvalue weighted by atomic mass is 10.0. The van der Waals surface area contributed by atoms with Crippen LogP contribution in [0.15, 0.2) is 18.2 Å². The number of likely N-dealkylation sites (tertiary alicyclic amines) is 1. The maximum Gasteiger partial charge on any atom is 0.245 e. The summed E-state index contributed by atoms with van der Waals surface area (Å²) < 4.78 is 0. The lowest BCUT2D eigenvalue weighted by Gasteiger charge is -2.13. The Bertz CT molecular complexity index is 798. The first-order valence-corrected chi connectivity index (χ1v) is 8.88. The summed E-state index contributed by atoms with van der Waals surface area (Å²) in [6.45, 7) is 6.91. The maximum absolute atomic E-state index is 12.1. The monoisotopic (exact) mass is 343 g/mol. The fourth-order valence-electron chi connectivity index (χ4n) is 2.98. The van der Waals surface area contributed by atoms with E-state index >= 15 is 0 Å². The first kappa shape index (κ1) is 16.6. The molecule has 0 spiro atoms. The maximum atomic E-state index is 12.1. The highest BCUT2D eigenvalue weighted by atomic mass is 32.1. The van der Waals surface area contributed by atoms with Crippen LogP contribution < -0.4 is 5.32 Å². The number of hydrogen-bond acceptors (Lipinski definition) is 4. The standard InChI is InChI=1S/C18H21N3O2S/c1-11-6-7-14(12(2)9-11)17-13(3)24-18(20-17)19-15(22)10-21-8-4-5-16(21)23/h6-7,9H,4-5,8,10H2,1-3H3,(H,19,20,22). The van der Waals surface area contributed by atoms with Crippen molar-refractivity contribution in [2.24, 2.45) is 0 Å². The van der Waals surface area contributed by atoms with Crippen LogP contribution in [-0.4, -0.2) is 34.8 Å². The molecule has 0 unspecified atom stereocenters. The molecule has 0 atom stereocenters. The number of carbonyl (C=O) groups excluding carboxylic acids is 2. The van der Waals surface area contributed by atoms with Crippen molar-refractivity contribution >= 4 is 28.3 Å². The van der Waals surface area contributed by atoms with Gasteiger partial charge in [-0.2, -0.15) is 0 Å². The zero-order chi connectivity index (χ0) is 17.3. The molecule has 126 valence electrons. The van der Waals surface area contributed by atoms with Gasteiger partial charge in [0.1, 0.15) is 0 Å². The van der Waals surface area contributed by atoms with Crippen molar-refractivity contribution < 1.29 is 9.59 Å². The molecule has 5 nitrogen and oxygen atoms in total. The van der Waals surface area contributed by atoms with E-state index in [-0.39, 0.29) is 18.4 Å². The normalized spacial score (nSPS) is 14.3. The lowest BCUT2D eigenvalue weighted by molar-refractivity contribution is -0.131. The highest BCUT2D eigenvalue weighted by Crippen LogP contribution is 2.32. The average molecular weight is 343 g/mol. The molecular formula is C18H21N3O2S. The first-order chi connectivity index (χ1) is 11.4. The Hall–Kier alpha value is -2.21. The Morgan fingerprint density at radius 3 is 2.79 bits per heavy atom. The van der Waals surface area contributed by atoms with Crippen molar-refractivity contribution in [3.05, 3.63) is 34.2 Å². The third kappa shape index (κ3) is 3.48. The quantitative estimate of drug-likeness (QED) is 0.926. The molecule has 1 aromatic carbocycles. The Kier molecular flexibility index (Phi) is 4.66. The van der Waals surface area contributed by atoms with Crippen LogP contribution in [0.3, 0.4) is 0 Å². The number of aryl methyl sites for hydroxylation is 3. The summed E-state index contributed by atoms with van der Waals surface area (Å²) in [4.78, 5) is 31.0. The van der Waals surface area contributed by atoms with Crippen molar-refractivity contribution in [2.45, 2.75) is 33.6 Å². The second kappa shape index (κ2) is 6.73.